The molecule has 1 aromatic rings. The van der Waals surface area contributed by atoms with Crippen LogP contribution in [0.4, 0.5) is 5.69 Å². The average Bonchev–Trinajstić information content (AvgIpc) is 2.77. The summed E-state index contributed by atoms with van der Waals surface area (Å²) in [7, 11) is 1.66. The summed E-state index contributed by atoms with van der Waals surface area (Å²) in [5.41, 5.74) is 6.84. The summed E-state index contributed by atoms with van der Waals surface area (Å²) >= 11 is 0. The predicted molar refractivity (Wildman–Crippen MR) is 77.4 cm³/mol. The second kappa shape index (κ2) is 6.98. The predicted octanol–water partition coefficient (Wildman–Crippen LogP) is 1.68. The molecule has 0 fully saturated rings. The number of anilines is 1. The van der Waals surface area contributed by atoms with E-state index in [4.69, 9.17) is 10.5 Å². The van der Waals surface area contributed by atoms with Gasteiger partial charge in [-0.05, 0) is 26.8 Å². The molecule has 0 saturated carbocycles. The van der Waals surface area contributed by atoms with Crippen LogP contribution in [0.2, 0.25) is 0 Å². The van der Waals surface area contributed by atoms with Crippen LogP contribution in [0.5, 0.6) is 0 Å². The summed E-state index contributed by atoms with van der Waals surface area (Å²) in [5, 5.41) is 0. The monoisotopic (exact) mass is 281 g/mol. The van der Waals surface area contributed by atoms with Crippen LogP contribution >= 0.6 is 0 Å². The zero-order valence-corrected chi connectivity index (χ0v) is 12.5. The van der Waals surface area contributed by atoms with Crippen molar-refractivity contribution in [2.45, 2.75) is 33.2 Å². The third-order valence-corrected chi connectivity index (χ3v) is 2.95. The van der Waals surface area contributed by atoms with Crippen molar-refractivity contribution in [3.8, 4) is 0 Å². The number of nitrogens with zero attached hydrogens (tertiary/aromatic N) is 2. The van der Waals surface area contributed by atoms with Gasteiger partial charge in [-0.25, -0.2) is 0 Å². The summed E-state index contributed by atoms with van der Waals surface area (Å²) in [4.78, 5) is 25.2. The van der Waals surface area contributed by atoms with Gasteiger partial charge < -0.3 is 19.9 Å². The molecule has 20 heavy (non-hydrogen) atoms. The molecule has 1 amide bonds. The Hall–Kier alpha value is -1.98. The molecule has 0 aromatic carbocycles. The third kappa shape index (κ3) is 4.01. The van der Waals surface area contributed by atoms with Crippen LogP contribution < -0.4 is 5.73 Å². The molecule has 1 heterocycles. The second-order valence-electron chi connectivity index (χ2n) is 4.94. The first kappa shape index (κ1) is 16.1. The lowest BCUT2D eigenvalue weighted by atomic mass is 10.3. The molecule has 0 unspecified atom stereocenters. The van der Waals surface area contributed by atoms with Crippen LogP contribution in [0, 0.1) is 0 Å². The lowest BCUT2D eigenvalue weighted by Gasteiger charge is -2.19. The van der Waals surface area contributed by atoms with Crippen molar-refractivity contribution >= 4 is 17.6 Å². The van der Waals surface area contributed by atoms with Gasteiger partial charge in [-0.2, -0.15) is 0 Å². The number of carbonyl (C=O) groups is 2. The smallest absolute Gasteiger partial charge is 0.307 e. The van der Waals surface area contributed by atoms with Crippen molar-refractivity contribution in [2.75, 3.05) is 25.9 Å². The molecular weight excluding hydrogens is 258 g/mol. The number of rotatable bonds is 6. The molecule has 6 nitrogen and oxygen atoms in total. The van der Waals surface area contributed by atoms with E-state index in [0.717, 1.165) is 0 Å². The molecule has 0 saturated heterocycles. The van der Waals surface area contributed by atoms with Gasteiger partial charge in [0.15, 0.2) is 0 Å². The molecule has 0 atom stereocenters. The van der Waals surface area contributed by atoms with Crippen molar-refractivity contribution in [3.05, 3.63) is 18.0 Å². The summed E-state index contributed by atoms with van der Waals surface area (Å²) in [6.45, 7) is 6.39. The Morgan fingerprint density at radius 2 is 2.10 bits per heavy atom. The molecule has 1 aromatic heterocycles. The van der Waals surface area contributed by atoms with Crippen LogP contribution in [0.1, 0.15) is 43.7 Å². The average molecular weight is 281 g/mol. The number of aromatic nitrogens is 1. The largest absolute Gasteiger partial charge is 0.466 e. The molecule has 0 bridgehead atoms. The van der Waals surface area contributed by atoms with E-state index in [0.29, 0.717) is 24.5 Å². The SMILES string of the molecule is CCOC(=O)CCN(C)C(=O)c1cc(N)cn1C(C)C. The maximum absolute atomic E-state index is 12.4. The van der Waals surface area contributed by atoms with Gasteiger partial charge in [0.2, 0.25) is 0 Å². The number of nitrogens with two attached hydrogens (primary N) is 1. The van der Waals surface area contributed by atoms with E-state index in [1.54, 1.807) is 26.2 Å². The minimum Gasteiger partial charge on any atom is -0.466 e. The Morgan fingerprint density at radius 3 is 2.65 bits per heavy atom. The van der Waals surface area contributed by atoms with Gasteiger partial charge in [-0.3, -0.25) is 9.59 Å². The Balaban J connectivity index is 2.72. The Kier molecular flexibility index (Phi) is 5.61. The molecule has 6 heteroatoms. The van der Waals surface area contributed by atoms with E-state index in [-0.39, 0.29) is 24.3 Å². The first-order chi connectivity index (χ1) is 9.36. The molecule has 2 N–H and O–H groups in total. The minimum atomic E-state index is -0.300. The van der Waals surface area contributed by atoms with Crippen molar-refractivity contribution in [3.63, 3.8) is 0 Å². The van der Waals surface area contributed by atoms with Crippen LogP contribution in [-0.2, 0) is 9.53 Å². The molecule has 0 spiro atoms. The number of hydrogen-bond donors (Lipinski definition) is 1. The van der Waals surface area contributed by atoms with Crippen molar-refractivity contribution < 1.29 is 14.3 Å². The number of amides is 1. The maximum Gasteiger partial charge on any atom is 0.307 e. The molecule has 0 aliphatic carbocycles. The fraction of sp³-hybridized carbons (Fsp3) is 0.571. The zero-order chi connectivity index (χ0) is 15.3. The van der Waals surface area contributed by atoms with Crippen molar-refractivity contribution in [1.29, 1.82) is 0 Å². The second-order valence-corrected chi connectivity index (χ2v) is 4.94. The van der Waals surface area contributed by atoms with Crippen LogP contribution in [-0.4, -0.2) is 41.5 Å². The van der Waals surface area contributed by atoms with Gasteiger partial charge in [-0.15, -0.1) is 0 Å². The number of ether oxygens (including phenoxy) is 1. The Bertz CT molecular complexity index is 480. The van der Waals surface area contributed by atoms with Crippen LogP contribution in [0.15, 0.2) is 12.3 Å². The van der Waals surface area contributed by atoms with E-state index in [1.165, 1.54) is 4.90 Å². The highest BCUT2D eigenvalue weighted by atomic mass is 16.5. The normalized spacial score (nSPS) is 10.7. The zero-order valence-electron chi connectivity index (χ0n) is 12.5. The Labute approximate surface area is 119 Å². The summed E-state index contributed by atoms with van der Waals surface area (Å²) in [6.07, 6.45) is 1.94. The van der Waals surface area contributed by atoms with Gasteiger partial charge in [0.1, 0.15) is 5.69 Å². The van der Waals surface area contributed by atoms with Crippen LogP contribution in [0.3, 0.4) is 0 Å². The lowest BCUT2D eigenvalue weighted by Crippen LogP contribution is -2.31. The minimum absolute atomic E-state index is 0.143. The van der Waals surface area contributed by atoms with E-state index in [2.05, 4.69) is 0 Å². The maximum atomic E-state index is 12.4. The standard InChI is InChI=1S/C14H23N3O3/c1-5-20-13(18)6-7-16(4)14(19)12-8-11(15)9-17(12)10(2)3/h8-10H,5-7,15H2,1-4H3. The molecule has 0 radical (unpaired) electrons. The fourth-order valence-electron chi connectivity index (χ4n) is 1.89. The van der Waals surface area contributed by atoms with Gasteiger partial charge in [0, 0.05) is 25.8 Å². The summed E-state index contributed by atoms with van der Waals surface area (Å²) in [5.74, 6) is -0.453. The highest BCUT2D eigenvalue weighted by Crippen LogP contribution is 2.17. The van der Waals surface area contributed by atoms with Gasteiger partial charge in [0.25, 0.3) is 5.91 Å². The third-order valence-electron chi connectivity index (χ3n) is 2.95. The molecular formula is C14H23N3O3. The number of nitrogen functional groups attached to an aromatic ring is 1. The first-order valence-corrected chi connectivity index (χ1v) is 6.75. The number of esters is 1. The highest BCUT2D eigenvalue weighted by molar-refractivity contribution is 5.94. The van der Waals surface area contributed by atoms with E-state index < -0.39 is 0 Å². The van der Waals surface area contributed by atoms with Crippen LogP contribution in [0.25, 0.3) is 0 Å². The molecule has 112 valence electrons. The Morgan fingerprint density at radius 1 is 1.45 bits per heavy atom. The van der Waals surface area contributed by atoms with E-state index in [1.807, 2.05) is 18.4 Å². The van der Waals surface area contributed by atoms with Gasteiger partial charge in [0.05, 0.1) is 18.7 Å². The molecule has 1 rings (SSSR count). The van der Waals surface area contributed by atoms with Crippen molar-refractivity contribution in [1.82, 2.24) is 9.47 Å². The topological polar surface area (TPSA) is 77.6 Å². The van der Waals surface area contributed by atoms with Crippen molar-refractivity contribution in [2.24, 2.45) is 0 Å². The quantitative estimate of drug-likeness (QED) is 0.805. The number of hydrogen-bond acceptors (Lipinski definition) is 4. The van der Waals surface area contributed by atoms with Gasteiger partial charge >= 0.3 is 5.97 Å². The first-order valence-electron chi connectivity index (χ1n) is 6.75. The fourth-order valence-corrected chi connectivity index (χ4v) is 1.89. The van der Waals surface area contributed by atoms with E-state index in [9.17, 15) is 9.59 Å². The van der Waals surface area contributed by atoms with Gasteiger partial charge in [-0.1, -0.05) is 0 Å². The number of carbonyl (C=O) groups excluding carboxylic acids is 2. The lowest BCUT2D eigenvalue weighted by molar-refractivity contribution is -0.143. The molecule has 0 aliphatic rings. The summed E-state index contributed by atoms with van der Waals surface area (Å²) in [6, 6.07) is 1.80. The van der Waals surface area contributed by atoms with E-state index >= 15 is 0 Å². The summed E-state index contributed by atoms with van der Waals surface area (Å²) < 4.78 is 6.67. The highest BCUT2D eigenvalue weighted by Gasteiger charge is 2.19. The molecule has 0 aliphatic heterocycles.